The van der Waals surface area contributed by atoms with E-state index < -0.39 is 0 Å². The van der Waals surface area contributed by atoms with E-state index in [1.807, 2.05) is 12.1 Å². The Labute approximate surface area is 117 Å². The SMILES string of the molecule is CCCCCc1ccc(C(=O)NCCC(C)C)cc1. The molecule has 0 saturated carbocycles. The fourth-order valence-electron chi connectivity index (χ4n) is 1.98. The second kappa shape index (κ2) is 8.73. The van der Waals surface area contributed by atoms with E-state index in [0.717, 1.165) is 24.9 Å². The van der Waals surface area contributed by atoms with Gasteiger partial charge in [-0.1, -0.05) is 45.7 Å². The Bertz CT molecular complexity index is 367. The van der Waals surface area contributed by atoms with Crippen LogP contribution in [0.4, 0.5) is 0 Å². The fraction of sp³-hybridized carbons (Fsp3) is 0.588. The molecule has 1 aromatic rings. The zero-order valence-corrected chi connectivity index (χ0v) is 12.5. The molecule has 0 atom stereocenters. The minimum absolute atomic E-state index is 0.0424. The Morgan fingerprint density at radius 3 is 2.42 bits per heavy atom. The number of nitrogens with one attached hydrogen (secondary N) is 1. The summed E-state index contributed by atoms with van der Waals surface area (Å²) in [6.45, 7) is 7.30. The number of rotatable bonds is 8. The van der Waals surface area contributed by atoms with Crippen molar-refractivity contribution in [3.8, 4) is 0 Å². The molecular weight excluding hydrogens is 234 g/mol. The molecule has 2 nitrogen and oxygen atoms in total. The van der Waals surface area contributed by atoms with Crippen LogP contribution in [0.5, 0.6) is 0 Å². The summed E-state index contributed by atoms with van der Waals surface area (Å²) in [5.41, 5.74) is 2.09. The Kier molecular flexibility index (Phi) is 7.24. The molecule has 1 N–H and O–H groups in total. The predicted molar refractivity (Wildman–Crippen MR) is 81.5 cm³/mol. The van der Waals surface area contributed by atoms with Crippen LogP contribution in [0.3, 0.4) is 0 Å². The van der Waals surface area contributed by atoms with Gasteiger partial charge in [0.2, 0.25) is 0 Å². The molecule has 106 valence electrons. The summed E-state index contributed by atoms with van der Waals surface area (Å²) >= 11 is 0. The van der Waals surface area contributed by atoms with Gasteiger partial charge in [0.25, 0.3) is 5.91 Å². The van der Waals surface area contributed by atoms with Gasteiger partial charge in [-0.15, -0.1) is 0 Å². The van der Waals surface area contributed by atoms with Crippen LogP contribution >= 0.6 is 0 Å². The number of benzene rings is 1. The molecule has 1 rings (SSSR count). The largest absolute Gasteiger partial charge is 0.352 e. The van der Waals surface area contributed by atoms with Gasteiger partial charge in [-0.2, -0.15) is 0 Å². The van der Waals surface area contributed by atoms with Crippen LogP contribution < -0.4 is 5.32 Å². The summed E-state index contributed by atoms with van der Waals surface area (Å²) in [5, 5.41) is 2.96. The van der Waals surface area contributed by atoms with Crippen molar-refractivity contribution >= 4 is 5.91 Å². The molecule has 0 aromatic heterocycles. The summed E-state index contributed by atoms with van der Waals surface area (Å²) in [7, 11) is 0. The number of carbonyl (C=O) groups is 1. The second-order valence-corrected chi connectivity index (χ2v) is 5.59. The molecule has 1 amide bonds. The van der Waals surface area contributed by atoms with Gasteiger partial charge in [0.1, 0.15) is 0 Å². The molecular formula is C17H27NO. The first-order valence-electron chi connectivity index (χ1n) is 7.50. The quantitative estimate of drug-likeness (QED) is 0.698. The standard InChI is InChI=1S/C17H27NO/c1-4-5-6-7-15-8-10-16(11-9-15)17(19)18-13-12-14(2)3/h8-11,14H,4-7,12-13H2,1-3H3,(H,18,19). The third kappa shape index (κ3) is 6.42. The van der Waals surface area contributed by atoms with Crippen LogP contribution in [0.15, 0.2) is 24.3 Å². The maximum absolute atomic E-state index is 11.9. The van der Waals surface area contributed by atoms with Crippen LogP contribution in [0.2, 0.25) is 0 Å². The van der Waals surface area contributed by atoms with Crippen molar-refractivity contribution in [3.05, 3.63) is 35.4 Å². The first kappa shape index (κ1) is 15.7. The highest BCUT2D eigenvalue weighted by Gasteiger charge is 2.05. The van der Waals surface area contributed by atoms with E-state index in [0.29, 0.717) is 5.92 Å². The highest BCUT2D eigenvalue weighted by molar-refractivity contribution is 5.94. The molecule has 0 saturated heterocycles. The van der Waals surface area contributed by atoms with Crippen molar-refractivity contribution in [3.63, 3.8) is 0 Å². The second-order valence-electron chi connectivity index (χ2n) is 5.59. The monoisotopic (exact) mass is 261 g/mol. The average Bonchev–Trinajstić information content (AvgIpc) is 2.39. The summed E-state index contributed by atoms with van der Waals surface area (Å²) in [6.07, 6.45) is 5.90. The zero-order chi connectivity index (χ0) is 14.1. The average molecular weight is 261 g/mol. The Hall–Kier alpha value is -1.31. The molecule has 0 fully saturated rings. The van der Waals surface area contributed by atoms with Crippen LogP contribution in [0.25, 0.3) is 0 Å². The van der Waals surface area contributed by atoms with Crippen LogP contribution in [-0.4, -0.2) is 12.5 Å². The number of hydrogen-bond donors (Lipinski definition) is 1. The van der Waals surface area contributed by atoms with Gasteiger partial charge in [-0.05, 0) is 42.9 Å². The van der Waals surface area contributed by atoms with Crippen LogP contribution in [0, 0.1) is 5.92 Å². The first-order chi connectivity index (χ1) is 9.13. The summed E-state index contributed by atoms with van der Waals surface area (Å²) < 4.78 is 0. The van der Waals surface area contributed by atoms with Crippen molar-refractivity contribution in [1.82, 2.24) is 5.32 Å². The highest BCUT2D eigenvalue weighted by atomic mass is 16.1. The molecule has 0 aliphatic rings. The predicted octanol–water partition coefficient (Wildman–Crippen LogP) is 4.20. The van der Waals surface area contributed by atoms with Gasteiger partial charge in [-0.25, -0.2) is 0 Å². The molecule has 0 aliphatic carbocycles. The number of aryl methyl sites for hydroxylation is 1. The molecule has 2 heteroatoms. The maximum Gasteiger partial charge on any atom is 0.251 e. The van der Waals surface area contributed by atoms with Gasteiger partial charge >= 0.3 is 0 Å². The lowest BCUT2D eigenvalue weighted by Gasteiger charge is -2.08. The van der Waals surface area contributed by atoms with E-state index in [1.165, 1.54) is 24.8 Å². The van der Waals surface area contributed by atoms with Crippen molar-refractivity contribution in [2.75, 3.05) is 6.54 Å². The van der Waals surface area contributed by atoms with Crippen molar-refractivity contribution in [1.29, 1.82) is 0 Å². The van der Waals surface area contributed by atoms with E-state index >= 15 is 0 Å². The minimum Gasteiger partial charge on any atom is -0.352 e. The Morgan fingerprint density at radius 2 is 1.84 bits per heavy atom. The molecule has 0 bridgehead atoms. The normalized spacial score (nSPS) is 10.7. The molecule has 0 heterocycles. The summed E-state index contributed by atoms with van der Waals surface area (Å²) in [4.78, 5) is 11.9. The Morgan fingerprint density at radius 1 is 1.16 bits per heavy atom. The van der Waals surface area contributed by atoms with Gasteiger partial charge in [0, 0.05) is 12.1 Å². The third-order valence-electron chi connectivity index (χ3n) is 3.29. The fourth-order valence-corrected chi connectivity index (χ4v) is 1.98. The molecule has 0 spiro atoms. The molecule has 0 aliphatic heterocycles. The minimum atomic E-state index is 0.0424. The Balaban J connectivity index is 2.39. The maximum atomic E-state index is 11.9. The summed E-state index contributed by atoms with van der Waals surface area (Å²) in [6, 6.07) is 8.03. The third-order valence-corrected chi connectivity index (χ3v) is 3.29. The number of unbranched alkanes of at least 4 members (excludes halogenated alkanes) is 2. The number of carbonyl (C=O) groups excluding carboxylic acids is 1. The molecule has 0 radical (unpaired) electrons. The molecule has 0 unspecified atom stereocenters. The zero-order valence-electron chi connectivity index (χ0n) is 12.5. The van der Waals surface area contributed by atoms with E-state index in [-0.39, 0.29) is 5.91 Å². The van der Waals surface area contributed by atoms with Crippen LogP contribution in [-0.2, 0) is 6.42 Å². The number of hydrogen-bond acceptors (Lipinski definition) is 1. The lowest BCUT2D eigenvalue weighted by atomic mass is 10.0. The van der Waals surface area contributed by atoms with Crippen LogP contribution in [0.1, 0.15) is 62.4 Å². The van der Waals surface area contributed by atoms with E-state index in [1.54, 1.807) is 0 Å². The molecule has 1 aromatic carbocycles. The van der Waals surface area contributed by atoms with Crippen molar-refractivity contribution in [2.45, 2.75) is 52.9 Å². The molecule has 19 heavy (non-hydrogen) atoms. The van der Waals surface area contributed by atoms with Gasteiger partial charge in [0.15, 0.2) is 0 Å². The van der Waals surface area contributed by atoms with Gasteiger partial charge in [-0.3, -0.25) is 4.79 Å². The topological polar surface area (TPSA) is 29.1 Å². The first-order valence-corrected chi connectivity index (χ1v) is 7.50. The van der Waals surface area contributed by atoms with Gasteiger partial charge in [0.05, 0.1) is 0 Å². The lowest BCUT2D eigenvalue weighted by Crippen LogP contribution is -2.25. The summed E-state index contributed by atoms with van der Waals surface area (Å²) in [5.74, 6) is 0.669. The van der Waals surface area contributed by atoms with E-state index in [9.17, 15) is 4.79 Å². The highest BCUT2D eigenvalue weighted by Crippen LogP contribution is 2.09. The van der Waals surface area contributed by atoms with Crippen molar-refractivity contribution < 1.29 is 4.79 Å². The smallest absolute Gasteiger partial charge is 0.251 e. The van der Waals surface area contributed by atoms with Gasteiger partial charge < -0.3 is 5.32 Å². The van der Waals surface area contributed by atoms with E-state index in [2.05, 4.69) is 38.2 Å². The van der Waals surface area contributed by atoms with Crippen molar-refractivity contribution in [2.24, 2.45) is 5.92 Å². The lowest BCUT2D eigenvalue weighted by molar-refractivity contribution is 0.0952. The number of amides is 1. The van der Waals surface area contributed by atoms with E-state index in [4.69, 9.17) is 0 Å².